The normalized spacial score (nSPS) is 25.6. The number of rotatable bonds is 4. The molecule has 1 aliphatic heterocycles. The first kappa shape index (κ1) is 16.7. The van der Waals surface area contributed by atoms with E-state index >= 15 is 0 Å². The number of aromatic nitrogens is 1. The van der Waals surface area contributed by atoms with Gasteiger partial charge in [-0.3, -0.25) is 14.5 Å². The van der Waals surface area contributed by atoms with Crippen LogP contribution in [0.1, 0.15) is 49.4 Å². The van der Waals surface area contributed by atoms with Gasteiger partial charge in [-0.1, -0.05) is 19.3 Å². The van der Waals surface area contributed by atoms with E-state index < -0.39 is 5.54 Å². The molecular weight excluding hydrogens is 306 g/mol. The van der Waals surface area contributed by atoms with E-state index in [4.69, 9.17) is 0 Å². The number of aryl methyl sites for hydroxylation is 1. The zero-order chi connectivity index (χ0) is 17.5. The summed E-state index contributed by atoms with van der Waals surface area (Å²) < 4.78 is 1.78. The average Bonchev–Trinajstić information content (AvgIpc) is 3.09. The average molecular weight is 331 g/mol. The summed E-state index contributed by atoms with van der Waals surface area (Å²) in [5.41, 5.74) is -0.305. The molecule has 2 heterocycles. The summed E-state index contributed by atoms with van der Waals surface area (Å²) in [7, 11) is 3.51. The molecule has 130 valence electrons. The van der Waals surface area contributed by atoms with Gasteiger partial charge in [0.2, 0.25) is 0 Å². The largest absolute Gasteiger partial charge is 0.357 e. The molecule has 6 nitrogen and oxygen atoms in total. The van der Waals surface area contributed by atoms with Gasteiger partial charge in [-0.05, 0) is 31.7 Å². The molecule has 6 heteroatoms. The van der Waals surface area contributed by atoms with E-state index in [1.807, 2.05) is 14.0 Å². The third-order valence-electron chi connectivity index (χ3n) is 5.75. The number of imide groups is 1. The van der Waals surface area contributed by atoms with Gasteiger partial charge < -0.3 is 9.47 Å². The molecule has 1 aromatic heterocycles. The Hall–Kier alpha value is -2.11. The van der Waals surface area contributed by atoms with Crippen LogP contribution >= 0.6 is 0 Å². The van der Waals surface area contributed by atoms with E-state index in [2.05, 4.69) is 0 Å². The number of Topliss-reactive ketones (excluding diaryl/α,β-unsaturated/α-hetero) is 1. The van der Waals surface area contributed by atoms with Crippen molar-refractivity contribution in [2.24, 2.45) is 13.0 Å². The maximum atomic E-state index is 13.0. The van der Waals surface area contributed by atoms with Crippen LogP contribution in [0.4, 0.5) is 4.79 Å². The topological polar surface area (TPSA) is 62.6 Å². The fourth-order valence-corrected chi connectivity index (χ4v) is 4.04. The lowest BCUT2D eigenvalue weighted by molar-refractivity contribution is -0.135. The van der Waals surface area contributed by atoms with Gasteiger partial charge in [-0.25, -0.2) is 4.79 Å². The molecular formula is C18H25N3O3. The van der Waals surface area contributed by atoms with Gasteiger partial charge in [0.1, 0.15) is 5.54 Å². The standard InChI is InChI=1S/C18H25N3O3/c1-18(14-7-5-4-6-8-14)16(23)21(17(24)20(18)3)12-15(22)13-9-10-19(2)11-13/h9-11,14H,4-8,12H2,1-3H3. The number of amides is 3. The lowest BCUT2D eigenvalue weighted by Gasteiger charge is -2.38. The number of ketones is 1. The van der Waals surface area contributed by atoms with Crippen LogP contribution in [0.2, 0.25) is 0 Å². The van der Waals surface area contributed by atoms with Crippen molar-refractivity contribution in [2.45, 2.75) is 44.6 Å². The maximum Gasteiger partial charge on any atom is 0.327 e. The predicted octanol–water partition coefficient (Wildman–Crippen LogP) is 2.44. The predicted molar refractivity (Wildman–Crippen MR) is 89.6 cm³/mol. The molecule has 3 rings (SSSR count). The highest BCUT2D eigenvalue weighted by Crippen LogP contribution is 2.40. The second-order valence-electron chi connectivity index (χ2n) is 7.20. The fourth-order valence-electron chi connectivity index (χ4n) is 4.04. The van der Waals surface area contributed by atoms with Crippen LogP contribution in [0.5, 0.6) is 0 Å². The van der Waals surface area contributed by atoms with Crippen molar-refractivity contribution in [1.29, 1.82) is 0 Å². The van der Waals surface area contributed by atoms with E-state index in [0.29, 0.717) is 5.56 Å². The highest BCUT2D eigenvalue weighted by Gasteiger charge is 2.56. The van der Waals surface area contributed by atoms with Gasteiger partial charge in [0.15, 0.2) is 5.78 Å². The number of nitrogens with zero attached hydrogens (tertiary/aromatic N) is 3. The Balaban J connectivity index is 1.81. The van der Waals surface area contributed by atoms with Gasteiger partial charge in [0, 0.05) is 32.1 Å². The SMILES string of the molecule is CN1C(=O)N(CC(=O)c2ccn(C)c2)C(=O)C1(C)C1CCCCC1. The molecule has 1 saturated carbocycles. The van der Waals surface area contributed by atoms with Crippen molar-refractivity contribution >= 4 is 17.7 Å². The van der Waals surface area contributed by atoms with Crippen LogP contribution in [0.25, 0.3) is 0 Å². The minimum absolute atomic E-state index is 0.171. The van der Waals surface area contributed by atoms with Crippen molar-refractivity contribution in [1.82, 2.24) is 14.4 Å². The molecule has 3 amide bonds. The molecule has 24 heavy (non-hydrogen) atoms. The van der Waals surface area contributed by atoms with Crippen LogP contribution < -0.4 is 0 Å². The Kier molecular flexibility index (Phi) is 4.24. The molecule has 0 N–H and O–H groups in total. The van der Waals surface area contributed by atoms with E-state index in [-0.39, 0.29) is 30.2 Å². The number of carbonyl (C=O) groups is 3. The molecule has 0 radical (unpaired) electrons. The van der Waals surface area contributed by atoms with Crippen LogP contribution in [0.3, 0.4) is 0 Å². The van der Waals surface area contributed by atoms with Crippen molar-refractivity contribution in [3.05, 3.63) is 24.0 Å². The molecule has 2 fully saturated rings. The summed E-state index contributed by atoms with van der Waals surface area (Å²) in [6.07, 6.45) is 8.78. The number of hydrogen-bond acceptors (Lipinski definition) is 3. The third-order valence-corrected chi connectivity index (χ3v) is 5.75. The first-order valence-corrected chi connectivity index (χ1v) is 8.60. The highest BCUT2D eigenvalue weighted by atomic mass is 16.2. The third kappa shape index (κ3) is 2.54. The maximum absolute atomic E-state index is 13.0. The molecule has 2 aliphatic rings. The fraction of sp³-hybridized carbons (Fsp3) is 0.611. The Morgan fingerprint density at radius 1 is 1.21 bits per heavy atom. The van der Waals surface area contributed by atoms with E-state index in [1.54, 1.807) is 35.0 Å². The summed E-state index contributed by atoms with van der Waals surface area (Å²) in [6, 6.07) is 1.34. The highest BCUT2D eigenvalue weighted by molar-refractivity contribution is 6.11. The molecule has 1 unspecified atom stereocenters. The smallest absolute Gasteiger partial charge is 0.327 e. The molecule has 1 aromatic rings. The lowest BCUT2D eigenvalue weighted by atomic mass is 9.75. The number of carbonyl (C=O) groups excluding carboxylic acids is 3. The minimum Gasteiger partial charge on any atom is -0.357 e. The van der Waals surface area contributed by atoms with Gasteiger partial charge >= 0.3 is 6.03 Å². The molecule has 0 spiro atoms. The number of likely N-dealkylation sites (N-methyl/N-ethyl adjacent to an activating group) is 1. The molecule has 1 atom stereocenters. The van der Waals surface area contributed by atoms with Gasteiger partial charge in [-0.15, -0.1) is 0 Å². The second-order valence-corrected chi connectivity index (χ2v) is 7.20. The molecule has 0 aromatic carbocycles. The van der Waals surface area contributed by atoms with E-state index in [1.165, 1.54) is 6.42 Å². The van der Waals surface area contributed by atoms with E-state index in [0.717, 1.165) is 30.6 Å². The van der Waals surface area contributed by atoms with Crippen LogP contribution in [-0.4, -0.2) is 51.2 Å². The van der Waals surface area contributed by atoms with Gasteiger partial charge in [-0.2, -0.15) is 0 Å². The molecule has 1 aliphatic carbocycles. The van der Waals surface area contributed by atoms with Crippen LogP contribution in [-0.2, 0) is 11.8 Å². The molecule has 1 saturated heterocycles. The Bertz CT molecular complexity index is 675. The van der Waals surface area contributed by atoms with Gasteiger partial charge in [0.05, 0.1) is 6.54 Å². The first-order valence-electron chi connectivity index (χ1n) is 8.60. The zero-order valence-corrected chi connectivity index (χ0v) is 14.6. The Morgan fingerprint density at radius 2 is 1.88 bits per heavy atom. The Labute approximate surface area is 142 Å². The molecule has 0 bridgehead atoms. The Morgan fingerprint density at radius 3 is 2.46 bits per heavy atom. The number of hydrogen-bond donors (Lipinski definition) is 0. The summed E-state index contributed by atoms with van der Waals surface area (Å²) in [5, 5.41) is 0. The lowest BCUT2D eigenvalue weighted by Crippen LogP contribution is -2.52. The van der Waals surface area contributed by atoms with Crippen molar-refractivity contribution in [3.63, 3.8) is 0 Å². The van der Waals surface area contributed by atoms with E-state index in [9.17, 15) is 14.4 Å². The summed E-state index contributed by atoms with van der Waals surface area (Å²) in [5.74, 6) is -0.269. The van der Waals surface area contributed by atoms with Crippen LogP contribution in [0.15, 0.2) is 18.5 Å². The zero-order valence-electron chi connectivity index (χ0n) is 14.6. The summed E-state index contributed by atoms with van der Waals surface area (Å²) in [4.78, 5) is 40.7. The second kappa shape index (κ2) is 6.07. The quantitative estimate of drug-likeness (QED) is 0.629. The van der Waals surface area contributed by atoms with Crippen molar-refractivity contribution in [2.75, 3.05) is 13.6 Å². The van der Waals surface area contributed by atoms with Crippen molar-refractivity contribution < 1.29 is 14.4 Å². The minimum atomic E-state index is -0.825. The number of urea groups is 1. The van der Waals surface area contributed by atoms with Crippen molar-refractivity contribution in [3.8, 4) is 0 Å². The van der Waals surface area contributed by atoms with Gasteiger partial charge in [0.25, 0.3) is 5.91 Å². The summed E-state index contributed by atoms with van der Waals surface area (Å²) in [6.45, 7) is 1.67. The first-order chi connectivity index (χ1) is 11.4. The van der Waals surface area contributed by atoms with Crippen LogP contribution in [0, 0.1) is 5.92 Å². The summed E-state index contributed by atoms with van der Waals surface area (Å²) >= 11 is 0. The monoisotopic (exact) mass is 331 g/mol.